The van der Waals surface area contributed by atoms with Crippen molar-refractivity contribution < 1.29 is 4.74 Å². The number of azide groups is 1. The number of piperidine rings is 1. The SMILES string of the molecule is CO[C@H]1C[C@@H](N=[N+]=[N-])CN(C(C)(C)C)C1. The van der Waals surface area contributed by atoms with Gasteiger partial charge in [0, 0.05) is 30.6 Å². The molecule has 0 aromatic rings. The van der Waals surface area contributed by atoms with E-state index in [9.17, 15) is 0 Å². The molecule has 0 radical (unpaired) electrons. The number of methoxy groups -OCH3 is 1. The minimum absolute atomic E-state index is 0.0351. The van der Waals surface area contributed by atoms with Crippen LogP contribution in [0.25, 0.3) is 10.4 Å². The van der Waals surface area contributed by atoms with E-state index in [2.05, 4.69) is 35.7 Å². The summed E-state index contributed by atoms with van der Waals surface area (Å²) in [6.07, 6.45) is 1.00. The predicted molar refractivity (Wildman–Crippen MR) is 59.7 cm³/mol. The smallest absolute Gasteiger partial charge is 0.0702 e. The topological polar surface area (TPSA) is 61.2 Å². The molecule has 1 aliphatic rings. The highest BCUT2D eigenvalue weighted by atomic mass is 16.5. The third-order valence-corrected chi connectivity index (χ3v) is 2.89. The van der Waals surface area contributed by atoms with Gasteiger partial charge in [-0.1, -0.05) is 5.11 Å². The lowest BCUT2D eigenvalue weighted by molar-refractivity contribution is -0.0106. The van der Waals surface area contributed by atoms with Crippen LogP contribution in [0.3, 0.4) is 0 Å². The molecule has 1 aliphatic heterocycles. The molecule has 15 heavy (non-hydrogen) atoms. The Labute approximate surface area is 91.0 Å². The molecule has 0 bridgehead atoms. The summed E-state index contributed by atoms with van der Waals surface area (Å²) >= 11 is 0. The highest BCUT2D eigenvalue weighted by Crippen LogP contribution is 2.23. The summed E-state index contributed by atoms with van der Waals surface area (Å²) < 4.78 is 5.37. The summed E-state index contributed by atoms with van der Waals surface area (Å²) in [6.45, 7) is 8.24. The van der Waals surface area contributed by atoms with Gasteiger partial charge in [0.15, 0.2) is 0 Å². The van der Waals surface area contributed by atoms with Crippen molar-refractivity contribution in [1.82, 2.24) is 4.90 Å². The fourth-order valence-corrected chi connectivity index (χ4v) is 1.90. The van der Waals surface area contributed by atoms with Gasteiger partial charge < -0.3 is 4.74 Å². The summed E-state index contributed by atoms with van der Waals surface area (Å²) in [4.78, 5) is 5.20. The van der Waals surface area contributed by atoms with E-state index in [0.29, 0.717) is 0 Å². The standard InChI is InChI=1S/C10H20N4O/c1-10(2,3)14-6-8(12-13-11)5-9(7-14)15-4/h8-9H,5-7H2,1-4H3/t8-,9+/m1/s1. The van der Waals surface area contributed by atoms with Gasteiger partial charge in [-0.15, -0.1) is 0 Å². The van der Waals surface area contributed by atoms with Crippen LogP contribution in [-0.2, 0) is 4.74 Å². The molecule has 2 atom stereocenters. The molecule has 0 spiro atoms. The van der Waals surface area contributed by atoms with Crippen LogP contribution in [-0.4, -0.2) is 42.8 Å². The third kappa shape index (κ3) is 3.38. The van der Waals surface area contributed by atoms with Gasteiger partial charge in [0.1, 0.15) is 0 Å². The van der Waals surface area contributed by atoms with Crippen molar-refractivity contribution in [3.8, 4) is 0 Å². The molecule has 1 fully saturated rings. The molecule has 86 valence electrons. The molecular formula is C10H20N4O. The Morgan fingerprint density at radius 1 is 1.40 bits per heavy atom. The minimum atomic E-state index is 0.0351. The zero-order chi connectivity index (χ0) is 11.5. The summed E-state index contributed by atoms with van der Waals surface area (Å²) in [7, 11) is 1.71. The Balaban J connectivity index is 2.71. The maximum absolute atomic E-state index is 8.47. The highest BCUT2D eigenvalue weighted by molar-refractivity contribution is 4.89. The zero-order valence-electron chi connectivity index (χ0n) is 9.97. The molecule has 0 N–H and O–H groups in total. The van der Waals surface area contributed by atoms with Gasteiger partial charge in [-0.3, -0.25) is 4.90 Å². The van der Waals surface area contributed by atoms with Crippen molar-refractivity contribution in [2.75, 3.05) is 20.2 Å². The number of nitrogens with zero attached hydrogens (tertiary/aromatic N) is 4. The summed E-state index contributed by atoms with van der Waals surface area (Å²) in [5.41, 5.74) is 8.56. The molecule has 5 heteroatoms. The number of ether oxygens (including phenoxy) is 1. The van der Waals surface area contributed by atoms with E-state index in [1.54, 1.807) is 7.11 Å². The molecule has 0 aromatic carbocycles. The van der Waals surface area contributed by atoms with Gasteiger partial charge in [0.25, 0.3) is 0 Å². The number of hydrogen-bond acceptors (Lipinski definition) is 3. The molecule has 5 nitrogen and oxygen atoms in total. The monoisotopic (exact) mass is 212 g/mol. The average Bonchev–Trinajstić information content (AvgIpc) is 2.16. The van der Waals surface area contributed by atoms with E-state index in [1.807, 2.05) is 0 Å². The number of hydrogen-bond donors (Lipinski definition) is 0. The minimum Gasteiger partial charge on any atom is -0.380 e. The van der Waals surface area contributed by atoms with Crippen molar-refractivity contribution >= 4 is 0 Å². The molecule has 1 saturated heterocycles. The van der Waals surface area contributed by atoms with E-state index < -0.39 is 0 Å². The van der Waals surface area contributed by atoms with Gasteiger partial charge in [-0.2, -0.15) is 0 Å². The van der Waals surface area contributed by atoms with E-state index in [0.717, 1.165) is 19.5 Å². The Bertz CT molecular complexity index is 255. The lowest BCUT2D eigenvalue weighted by atomic mass is 9.97. The lowest BCUT2D eigenvalue weighted by Gasteiger charge is -2.43. The first-order chi connectivity index (χ1) is 6.97. The van der Waals surface area contributed by atoms with Crippen LogP contribution in [0.4, 0.5) is 0 Å². The maximum Gasteiger partial charge on any atom is 0.0702 e. The van der Waals surface area contributed by atoms with Gasteiger partial charge in [-0.25, -0.2) is 0 Å². The van der Waals surface area contributed by atoms with Crippen LogP contribution >= 0.6 is 0 Å². The molecule has 0 saturated carbocycles. The lowest BCUT2D eigenvalue weighted by Crippen LogP contribution is -2.53. The molecular weight excluding hydrogens is 192 g/mol. The normalized spacial score (nSPS) is 28.5. The molecule has 0 aliphatic carbocycles. The van der Waals surface area contributed by atoms with Crippen molar-refractivity contribution in [2.24, 2.45) is 5.11 Å². The zero-order valence-corrected chi connectivity index (χ0v) is 9.97. The van der Waals surface area contributed by atoms with Crippen molar-refractivity contribution in [3.05, 3.63) is 10.4 Å². The fraction of sp³-hybridized carbons (Fsp3) is 1.00. The summed E-state index contributed by atoms with van der Waals surface area (Å²) in [5, 5.41) is 3.80. The van der Waals surface area contributed by atoms with E-state index in [1.165, 1.54) is 0 Å². The van der Waals surface area contributed by atoms with Crippen LogP contribution in [0, 0.1) is 0 Å². The Morgan fingerprint density at radius 2 is 2.07 bits per heavy atom. The van der Waals surface area contributed by atoms with E-state index >= 15 is 0 Å². The molecule has 1 heterocycles. The largest absolute Gasteiger partial charge is 0.380 e. The average molecular weight is 212 g/mol. The first-order valence-corrected chi connectivity index (χ1v) is 5.29. The summed E-state index contributed by atoms with van der Waals surface area (Å²) in [5.74, 6) is 0. The maximum atomic E-state index is 8.47. The Hall–Kier alpha value is -0.770. The third-order valence-electron chi connectivity index (χ3n) is 2.89. The van der Waals surface area contributed by atoms with Crippen LogP contribution in [0.5, 0.6) is 0 Å². The molecule has 0 aromatic heterocycles. The fourth-order valence-electron chi connectivity index (χ4n) is 1.90. The van der Waals surface area contributed by atoms with Crippen molar-refractivity contribution in [1.29, 1.82) is 0 Å². The van der Waals surface area contributed by atoms with Gasteiger partial charge in [0.05, 0.1) is 12.1 Å². The van der Waals surface area contributed by atoms with Gasteiger partial charge in [0.2, 0.25) is 0 Å². The number of rotatable bonds is 2. The van der Waals surface area contributed by atoms with Crippen LogP contribution in [0.2, 0.25) is 0 Å². The van der Waals surface area contributed by atoms with Gasteiger partial charge >= 0.3 is 0 Å². The van der Waals surface area contributed by atoms with Crippen LogP contribution < -0.4 is 0 Å². The summed E-state index contributed by atoms with van der Waals surface area (Å²) in [6, 6.07) is 0.0351. The first kappa shape index (κ1) is 12.3. The highest BCUT2D eigenvalue weighted by Gasteiger charge is 2.32. The Morgan fingerprint density at radius 3 is 2.53 bits per heavy atom. The van der Waals surface area contributed by atoms with Crippen LogP contribution in [0.15, 0.2) is 5.11 Å². The quantitative estimate of drug-likeness (QED) is 0.400. The Kier molecular flexibility index (Phi) is 3.97. The van der Waals surface area contributed by atoms with Crippen molar-refractivity contribution in [2.45, 2.75) is 44.9 Å². The second-order valence-electron chi connectivity index (χ2n) is 5.03. The van der Waals surface area contributed by atoms with E-state index in [-0.39, 0.29) is 17.7 Å². The predicted octanol–water partition coefficient (Wildman–Crippen LogP) is 2.18. The molecule has 0 amide bonds. The second kappa shape index (κ2) is 4.84. The van der Waals surface area contributed by atoms with Gasteiger partial charge in [-0.05, 0) is 32.7 Å². The van der Waals surface area contributed by atoms with Crippen molar-refractivity contribution in [3.63, 3.8) is 0 Å². The first-order valence-electron chi connectivity index (χ1n) is 5.29. The second-order valence-corrected chi connectivity index (χ2v) is 5.03. The number of likely N-dealkylation sites (tertiary alicyclic amines) is 1. The molecule has 0 unspecified atom stereocenters. The van der Waals surface area contributed by atoms with E-state index in [4.69, 9.17) is 10.3 Å². The van der Waals surface area contributed by atoms with Crippen LogP contribution in [0.1, 0.15) is 27.2 Å². The molecule has 1 rings (SSSR count).